The topological polar surface area (TPSA) is 40.6 Å². The lowest BCUT2D eigenvalue weighted by molar-refractivity contribution is 0.371. The highest BCUT2D eigenvalue weighted by Crippen LogP contribution is 2.34. The normalized spacial score (nSPS) is 9.76. The molecule has 0 saturated heterocycles. The Balaban J connectivity index is 2.30. The number of aromatic nitrogens is 1. The van der Waals surface area contributed by atoms with Crippen molar-refractivity contribution in [3.63, 3.8) is 0 Å². The zero-order chi connectivity index (χ0) is 12.1. The summed E-state index contributed by atoms with van der Waals surface area (Å²) in [4.78, 5) is 3.93. The largest absolute Gasteiger partial charge is 0.497 e. The third-order valence-electron chi connectivity index (χ3n) is 2.25. The fraction of sp³-hybridized carbons (Fsp3) is 0.154. The molecule has 88 valence electrons. The first-order valence-electron chi connectivity index (χ1n) is 5.13. The number of nitrogens with zero attached hydrogens (tertiary/aromatic N) is 1. The van der Waals surface area contributed by atoms with Gasteiger partial charge in [0.25, 0.3) is 0 Å². The summed E-state index contributed by atoms with van der Waals surface area (Å²) in [7, 11) is 3.21. The highest BCUT2D eigenvalue weighted by Gasteiger charge is 2.07. The van der Waals surface area contributed by atoms with E-state index in [0.29, 0.717) is 17.2 Å². The zero-order valence-corrected chi connectivity index (χ0v) is 9.71. The van der Waals surface area contributed by atoms with Crippen LogP contribution in [-0.4, -0.2) is 19.2 Å². The molecule has 0 aliphatic carbocycles. The molecule has 0 spiro atoms. The maximum atomic E-state index is 5.70. The maximum Gasteiger partial charge on any atom is 0.172 e. The molecule has 2 aromatic rings. The molecule has 1 aromatic heterocycles. The molecule has 1 heterocycles. The van der Waals surface area contributed by atoms with Crippen LogP contribution in [0.25, 0.3) is 0 Å². The SMILES string of the molecule is COc1ccc(OC)c(Oc2ccncc2)c1. The smallest absolute Gasteiger partial charge is 0.172 e. The number of benzene rings is 1. The molecule has 0 aliphatic heterocycles. The van der Waals surface area contributed by atoms with Crippen LogP contribution in [0, 0.1) is 0 Å². The van der Waals surface area contributed by atoms with Crippen LogP contribution in [0.15, 0.2) is 42.7 Å². The average Bonchev–Trinajstić information content (AvgIpc) is 2.40. The standard InChI is InChI=1S/C13H13NO3/c1-15-11-3-4-12(16-2)13(9-11)17-10-5-7-14-8-6-10/h3-9H,1-2H3. The molecule has 4 nitrogen and oxygen atoms in total. The highest BCUT2D eigenvalue weighted by molar-refractivity contribution is 5.47. The Bertz CT molecular complexity index is 485. The predicted octanol–water partition coefficient (Wildman–Crippen LogP) is 2.89. The molecular weight excluding hydrogens is 218 g/mol. The van der Waals surface area contributed by atoms with E-state index in [1.807, 2.05) is 6.07 Å². The van der Waals surface area contributed by atoms with Crippen molar-refractivity contribution in [3.05, 3.63) is 42.7 Å². The minimum Gasteiger partial charge on any atom is -0.497 e. The number of methoxy groups -OCH3 is 2. The van der Waals surface area contributed by atoms with E-state index in [1.54, 1.807) is 50.9 Å². The molecule has 0 amide bonds. The number of ether oxygens (including phenoxy) is 3. The molecule has 0 N–H and O–H groups in total. The van der Waals surface area contributed by atoms with Crippen molar-refractivity contribution < 1.29 is 14.2 Å². The Morgan fingerprint density at radius 2 is 1.59 bits per heavy atom. The summed E-state index contributed by atoms with van der Waals surface area (Å²) in [5, 5.41) is 0. The molecule has 0 saturated carbocycles. The summed E-state index contributed by atoms with van der Waals surface area (Å²) >= 11 is 0. The van der Waals surface area contributed by atoms with Gasteiger partial charge in [-0.05, 0) is 24.3 Å². The van der Waals surface area contributed by atoms with Gasteiger partial charge in [-0.25, -0.2) is 0 Å². The lowest BCUT2D eigenvalue weighted by atomic mass is 10.3. The second kappa shape index (κ2) is 5.21. The van der Waals surface area contributed by atoms with Crippen molar-refractivity contribution in [1.29, 1.82) is 0 Å². The molecule has 0 fully saturated rings. The van der Waals surface area contributed by atoms with Crippen molar-refractivity contribution in [2.45, 2.75) is 0 Å². The third-order valence-corrected chi connectivity index (χ3v) is 2.25. The van der Waals surface area contributed by atoms with Crippen molar-refractivity contribution in [3.8, 4) is 23.0 Å². The van der Waals surface area contributed by atoms with Crippen molar-refractivity contribution in [1.82, 2.24) is 4.98 Å². The summed E-state index contributed by atoms with van der Waals surface area (Å²) in [6.07, 6.45) is 3.34. The molecule has 17 heavy (non-hydrogen) atoms. The minimum absolute atomic E-state index is 0.609. The van der Waals surface area contributed by atoms with Gasteiger partial charge in [0.1, 0.15) is 11.5 Å². The number of pyridine rings is 1. The second-order valence-corrected chi connectivity index (χ2v) is 3.30. The molecular formula is C13H13NO3. The minimum atomic E-state index is 0.609. The van der Waals surface area contributed by atoms with E-state index < -0.39 is 0 Å². The lowest BCUT2D eigenvalue weighted by Crippen LogP contribution is -1.92. The molecule has 1 aromatic carbocycles. The van der Waals surface area contributed by atoms with Gasteiger partial charge >= 0.3 is 0 Å². The Morgan fingerprint density at radius 1 is 0.824 bits per heavy atom. The van der Waals surface area contributed by atoms with E-state index in [1.165, 1.54) is 0 Å². The molecule has 2 rings (SSSR count). The van der Waals surface area contributed by atoms with Gasteiger partial charge in [0.05, 0.1) is 14.2 Å². The van der Waals surface area contributed by atoms with E-state index in [0.717, 1.165) is 5.75 Å². The van der Waals surface area contributed by atoms with Crippen LogP contribution >= 0.6 is 0 Å². The van der Waals surface area contributed by atoms with E-state index in [4.69, 9.17) is 14.2 Å². The van der Waals surface area contributed by atoms with Crippen LogP contribution in [0.3, 0.4) is 0 Å². The van der Waals surface area contributed by atoms with Crippen molar-refractivity contribution in [2.75, 3.05) is 14.2 Å². The van der Waals surface area contributed by atoms with E-state index in [9.17, 15) is 0 Å². The first-order chi connectivity index (χ1) is 8.33. The van der Waals surface area contributed by atoms with Gasteiger partial charge in [0, 0.05) is 18.5 Å². The van der Waals surface area contributed by atoms with Gasteiger partial charge in [-0.2, -0.15) is 0 Å². The van der Waals surface area contributed by atoms with E-state index in [-0.39, 0.29) is 0 Å². The molecule has 0 aliphatic rings. The second-order valence-electron chi connectivity index (χ2n) is 3.30. The summed E-state index contributed by atoms with van der Waals surface area (Å²) in [6, 6.07) is 8.95. The van der Waals surface area contributed by atoms with E-state index >= 15 is 0 Å². The quantitative estimate of drug-likeness (QED) is 0.811. The Kier molecular flexibility index (Phi) is 3.45. The van der Waals surface area contributed by atoms with Crippen LogP contribution in [-0.2, 0) is 0 Å². The maximum absolute atomic E-state index is 5.70. The summed E-state index contributed by atoms with van der Waals surface area (Å²) in [5.41, 5.74) is 0. The Morgan fingerprint density at radius 3 is 2.24 bits per heavy atom. The Hall–Kier alpha value is -2.23. The molecule has 4 heteroatoms. The first kappa shape index (κ1) is 11.3. The summed E-state index contributed by atoms with van der Waals surface area (Å²) in [5.74, 6) is 2.68. The van der Waals surface area contributed by atoms with Crippen LogP contribution in [0.2, 0.25) is 0 Å². The van der Waals surface area contributed by atoms with Gasteiger partial charge in [-0.3, -0.25) is 4.98 Å². The van der Waals surface area contributed by atoms with Gasteiger partial charge in [0.2, 0.25) is 0 Å². The first-order valence-corrected chi connectivity index (χ1v) is 5.13. The Labute approximate surface area is 99.8 Å². The summed E-state index contributed by atoms with van der Waals surface area (Å²) < 4.78 is 16.1. The van der Waals surface area contributed by atoms with Crippen molar-refractivity contribution >= 4 is 0 Å². The van der Waals surface area contributed by atoms with Crippen LogP contribution in [0.4, 0.5) is 0 Å². The average molecular weight is 231 g/mol. The van der Waals surface area contributed by atoms with Crippen molar-refractivity contribution in [2.24, 2.45) is 0 Å². The monoisotopic (exact) mass is 231 g/mol. The van der Waals surface area contributed by atoms with Gasteiger partial charge in [-0.1, -0.05) is 0 Å². The van der Waals surface area contributed by atoms with E-state index in [2.05, 4.69) is 4.98 Å². The molecule has 0 bridgehead atoms. The van der Waals surface area contributed by atoms with Crippen LogP contribution < -0.4 is 14.2 Å². The highest BCUT2D eigenvalue weighted by atomic mass is 16.5. The van der Waals surface area contributed by atoms with Crippen LogP contribution in [0.1, 0.15) is 0 Å². The fourth-order valence-corrected chi connectivity index (χ4v) is 1.40. The molecule has 0 unspecified atom stereocenters. The fourth-order valence-electron chi connectivity index (χ4n) is 1.40. The lowest BCUT2D eigenvalue weighted by Gasteiger charge is -2.11. The number of rotatable bonds is 4. The number of hydrogen-bond donors (Lipinski definition) is 0. The van der Waals surface area contributed by atoms with Gasteiger partial charge < -0.3 is 14.2 Å². The third kappa shape index (κ3) is 2.66. The molecule has 0 atom stereocenters. The molecule has 0 radical (unpaired) electrons. The van der Waals surface area contributed by atoms with Gasteiger partial charge in [-0.15, -0.1) is 0 Å². The van der Waals surface area contributed by atoms with Crippen LogP contribution in [0.5, 0.6) is 23.0 Å². The van der Waals surface area contributed by atoms with Gasteiger partial charge in [0.15, 0.2) is 11.5 Å². The zero-order valence-electron chi connectivity index (χ0n) is 9.71. The summed E-state index contributed by atoms with van der Waals surface area (Å²) in [6.45, 7) is 0. The number of hydrogen-bond acceptors (Lipinski definition) is 4. The predicted molar refractivity (Wildman–Crippen MR) is 63.9 cm³/mol.